The third kappa shape index (κ3) is 5.27. The Bertz CT molecular complexity index is 1590. The zero-order valence-corrected chi connectivity index (χ0v) is 20.5. The minimum Gasteiger partial charge on any atom is -0.457 e. The summed E-state index contributed by atoms with van der Waals surface area (Å²) in [7, 11) is 0. The van der Waals surface area contributed by atoms with Crippen LogP contribution in [-0.4, -0.2) is 21.2 Å². The molecule has 8 heteroatoms. The number of carbonyl (C=O) groups is 1. The molecular weight excluding hydrogens is 494 g/mol. The lowest BCUT2D eigenvalue weighted by molar-refractivity contribution is -0.113. The molecule has 0 aliphatic rings. The number of fused-ring (bicyclic) bond motifs is 1. The number of para-hydroxylation sites is 3. The van der Waals surface area contributed by atoms with Gasteiger partial charge in [0.2, 0.25) is 5.91 Å². The first-order chi connectivity index (χ1) is 17.6. The van der Waals surface area contributed by atoms with E-state index >= 15 is 0 Å². The van der Waals surface area contributed by atoms with Gasteiger partial charge in [-0.1, -0.05) is 65.8 Å². The fraction of sp³-hybridized carbons (Fsp3) is 0.0357. The largest absolute Gasteiger partial charge is 0.457 e. The quantitative estimate of drug-likeness (QED) is 0.197. The molecule has 0 aliphatic heterocycles. The fourth-order valence-corrected chi connectivity index (χ4v) is 4.60. The van der Waals surface area contributed by atoms with Gasteiger partial charge in [-0.2, -0.15) is 0 Å². The van der Waals surface area contributed by atoms with Crippen molar-refractivity contribution in [2.45, 2.75) is 5.16 Å². The predicted octanol–water partition coefficient (Wildman–Crippen LogP) is 6.56. The van der Waals surface area contributed by atoms with E-state index in [0.29, 0.717) is 38.2 Å². The number of carbonyl (C=O) groups excluding carboxylic acids is 1. The molecule has 1 aromatic heterocycles. The van der Waals surface area contributed by atoms with Crippen LogP contribution in [0.4, 0.5) is 5.69 Å². The summed E-state index contributed by atoms with van der Waals surface area (Å²) in [5, 5.41) is 4.15. The Hall–Kier alpha value is -4.07. The zero-order valence-electron chi connectivity index (χ0n) is 18.9. The molecule has 1 N–H and O–H groups in total. The van der Waals surface area contributed by atoms with Gasteiger partial charge in [0.05, 0.1) is 33.1 Å². The highest BCUT2D eigenvalue weighted by molar-refractivity contribution is 7.99. The maximum atomic E-state index is 13.5. The van der Waals surface area contributed by atoms with Gasteiger partial charge in [-0.25, -0.2) is 4.98 Å². The first kappa shape index (κ1) is 23.7. The first-order valence-electron chi connectivity index (χ1n) is 11.1. The summed E-state index contributed by atoms with van der Waals surface area (Å²) in [4.78, 5) is 30.8. The lowest BCUT2D eigenvalue weighted by Crippen LogP contribution is -2.23. The summed E-state index contributed by atoms with van der Waals surface area (Å²) in [6.07, 6.45) is 0. The second kappa shape index (κ2) is 10.7. The van der Waals surface area contributed by atoms with Crippen LogP contribution in [0.15, 0.2) is 113 Å². The smallest absolute Gasteiger partial charge is 0.266 e. The highest BCUT2D eigenvalue weighted by Gasteiger charge is 2.15. The van der Waals surface area contributed by atoms with Gasteiger partial charge in [0.25, 0.3) is 5.56 Å². The lowest BCUT2D eigenvalue weighted by Gasteiger charge is -2.14. The van der Waals surface area contributed by atoms with Gasteiger partial charge in [-0.05, 0) is 60.7 Å². The summed E-state index contributed by atoms with van der Waals surface area (Å²) in [6.45, 7) is 0. The highest BCUT2D eigenvalue weighted by Crippen LogP contribution is 2.26. The monoisotopic (exact) mass is 513 g/mol. The van der Waals surface area contributed by atoms with Crippen molar-refractivity contribution in [3.05, 3.63) is 119 Å². The van der Waals surface area contributed by atoms with E-state index < -0.39 is 0 Å². The maximum absolute atomic E-state index is 13.5. The molecule has 0 saturated heterocycles. The normalized spacial score (nSPS) is 10.8. The van der Waals surface area contributed by atoms with E-state index in [0.717, 1.165) is 5.75 Å². The molecule has 4 aromatic carbocycles. The molecule has 0 unspecified atom stereocenters. The van der Waals surface area contributed by atoms with Crippen molar-refractivity contribution < 1.29 is 9.53 Å². The zero-order chi connectivity index (χ0) is 24.9. The van der Waals surface area contributed by atoms with Gasteiger partial charge in [0.15, 0.2) is 5.16 Å². The van der Waals surface area contributed by atoms with Gasteiger partial charge < -0.3 is 10.1 Å². The van der Waals surface area contributed by atoms with Crippen molar-refractivity contribution in [1.82, 2.24) is 9.55 Å². The molecule has 1 heterocycles. The Balaban J connectivity index is 1.44. The highest BCUT2D eigenvalue weighted by atomic mass is 35.5. The number of halogens is 1. The van der Waals surface area contributed by atoms with E-state index in [2.05, 4.69) is 10.3 Å². The Labute approximate surface area is 216 Å². The van der Waals surface area contributed by atoms with Crippen molar-refractivity contribution >= 4 is 45.9 Å². The second-order valence-electron chi connectivity index (χ2n) is 7.78. The van der Waals surface area contributed by atoms with E-state index in [4.69, 9.17) is 16.3 Å². The number of hydrogen-bond acceptors (Lipinski definition) is 5. The van der Waals surface area contributed by atoms with Crippen LogP contribution < -0.4 is 15.6 Å². The van der Waals surface area contributed by atoms with Crippen LogP contribution in [-0.2, 0) is 4.79 Å². The average molecular weight is 514 g/mol. The lowest BCUT2D eigenvalue weighted by atomic mass is 10.2. The van der Waals surface area contributed by atoms with Crippen LogP contribution in [0.3, 0.4) is 0 Å². The number of thioether (sulfide) groups is 1. The maximum Gasteiger partial charge on any atom is 0.266 e. The number of rotatable bonds is 7. The number of ether oxygens (including phenoxy) is 1. The average Bonchev–Trinajstić information content (AvgIpc) is 2.90. The van der Waals surface area contributed by atoms with Gasteiger partial charge >= 0.3 is 0 Å². The molecule has 6 nitrogen and oxygen atoms in total. The van der Waals surface area contributed by atoms with Gasteiger partial charge in [-0.3, -0.25) is 14.2 Å². The van der Waals surface area contributed by atoms with Crippen molar-refractivity contribution in [1.29, 1.82) is 0 Å². The third-order valence-corrected chi connectivity index (χ3v) is 6.57. The van der Waals surface area contributed by atoms with E-state index in [1.807, 2.05) is 36.4 Å². The third-order valence-electron chi connectivity index (χ3n) is 5.30. The van der Waals surface area contributed by atoms with E-state index in [1.165, 1.54) is 16.3 Å². The number of aromatic nitrogens is 2. The minimum atomic E-state index is -0.256. The molecule has 5 aromatic rings. The summed E-state index contributed by atoms with van der Waals surface area (Å²) in [5.74, 6) is 1.15. The molecule has 1 amide bonds. The van der Waals surface area contributed by atoms with Gasteiger partial charge in [-0.15, -0.1) is 0 Å². The Morgan fingerprint density at radius 1 is 0.861 bits per heavy atom. The SMILES string of the molecule is O=C(CSc1nc2ccccc2c(=O)n1-c1ccc(Oc2ccccc2)cc1)Nc1ccccc1Cl. The van der Waals surface area contributed by atoms with Crippen molar-refractivity contribution in [2.75, 3.05) is 11.1 Å². The molecule has 0 bridgehead atoms. The topological polar surface area (TPSA) is 73.2 Å². The molecule has 0 atom stereocenters. The second-order valence-corrected chi connectivity index (χ2v) is 9.13. The molecule has 0 aliphatic carbocycles. The van der Waals surface area contributed by atoms with Gasteiger partial charge in [0.1, 0.15) is 11.5 Å². The summed E-state index contributed by atoms with van der Waals surface area (Å²) in [5.41, 5.74) is 1.50. The molecule has 0 radical (unpaired) electrons. The molecule has 5 rings (SSSR count). The molecule has 36 heavy (non-hydrogen) atoms. The van der Waals surface area contributed by atoms with Crippen molar-refractivity contribution in [2.24, 2.45) is 0 Å². The molecule has 0 spiro atoms. The fourth-order valence-electron chi connectivity index (χ4n) is 3.60. The van der Waals surface area contributed by atoms with E-state index in [9.17, 15) is 9.59 Å². The van der Waals surface area contributed by atoms with Crippen LogP contribution in [0, 0.1) is 0 Å². The van der Waals surface area contributed by atoms with E-state index in [1.54, 1.807) is 66.7 Å². The first-order valence-corrected chi connectivity index (χ1v) is 12.5. The summed E-state index contributed by atoms with van der Waals surface area (Å²) < 4.78 is 7.39. The van der Waals surface area contributed by atoms with Crippen LogP contribution in [0.5, 0.6) is 11.5 Å². The number of benzene rings is 4. The summed E-state index contributed by atoms with van der Waals surface area (Å²) in [6, 6.07) is 30.8. The number of nitrogens with zero attached hydrogens (tertiary/aromatic N) is 2. The molecule has 0 fully saturated rings. The van der Waals surface area contributed by atoms with E-state index in [-0.39, 0.29) is 17.2 Å². The van der Waals surface area contributed by atoms with Crippen LogP contribution in [0.25, 0.3) is 16.6 Å². The summed E-state index contributed by atoms with van der Waals surface area (Å²) >= 11 is 7.33. The minimum absolute atomic E-state index is 0.0468. The Morgan fingerprint density at radius 3 is 2.31 bits per heavy atom. The predicted molar refractivity (Wildman–Crippen MR) is 145 cm³/mol. The van der Waals surface area contributed by atoms with Crippen LogP contribution in [0.2, 0.25) is 5.02 Å². The Kier molecular flexibility index (Phi) is 7.02. The number of nitrogens with one attached hydrogen (secondary N) is 1. The van der Waals surface area contributed by atoms with Crippen molar-refractivity contribution in [3.63, 3.8) is 0 Å². The molecule has 0 saturated carbocycles. The number of amides is 1. The standard InChI is InChI=1S/C28H20ClN3O3S/c29-23-11-5-7-13-25(23)30-26(33)18-36-28-31-24-12-6-4-10-22(24)27(34)32(28)19-14-16-21(17-15-19)35-20-8-2-1-3-9-20/h1-17H,18H2,(H,30,33). The molecule has 178 valence electrons. The van der Waals surface area contributed by atoms with Crippen molar-refractivity contribution in [3.8, 4) is 17.2 Å². The van der Waals surface area contributed by atoms with Gasteiger partial charge in [0, 0.05) is 0 Å². The number of anilines is 1. The molecular formula is C28H20ClN3O3S. The number of hydrogen-bond donors (Lipinski definition) is 1. The van der Waals surface area contributed by atoms with Crippen LogP contribution >= 0.6 is 23.4 Å². The van der Waals surface area contributed by atoms with Crippen LogP contribution in [0.1, 0.15) is 0 Å². The Morgan fingerprint density at radius 2 is 1.53 bits per heavy atom.